The molecule has 12 heteroatoms. The van der Waals surface area contributed by atoms with Gasteiger partial charge in [0.25, 0.3) is 5.91 Å². The molecule has 2 aliphatic heterocycles. The van der Waals surface area contributed by atoms with Gasteiger partial charge in [-0.1, -0.05) is 71.6 Å². The quantitative estimate of drug-likeness (QED) is 0.162. The van der Waals surface area contributed by atoms with Crippen molar-refractivity contribution < 1.29 is 28.7 Å². The van der Waals surface area contributed by atoms with Crippen LogP contribution in [0.3, 0.4) is 0 Å². The zero-order chi connectivity index (χ0) is 32.7. The SMILES string of the molecule is CCOC(=O)c1ccc(N2C(=O)[C@H]3[C@H](c4ccc(OCC(=O)Nc5cccc6ccccc56)cc4)c4sc(=O)[nH]c4S[C@H]3C2=O)cc1. The Morgan fingerprint density at radius 1 is 0.894 bits per heavy atom. The standard InChI is InChI=1S/C35H27N3O7S2/c1-2-44-34(42)21-10-14-22(15-11-21)38-32(40)28-27(29-31(37-35(43)47-29)46-30(28)33(38)41)20-12-16-23(17-13-20)45-18-26(39)36-25-9-5-7-19-6-3-4-8-24(19)25/h3-17,27-28,30H,2,18H2,1H3,(H,36,39)(H,37,43)/t27-,28-,30+/m0/s1. The molecule has 2 aliphatic rings. The number of imide groups is 1. The van der Waals surface area contributed by atoms with Crippen molar-refractivity contribution in [3.63, 3.8) is 0 Å². The molecular formula is C35H27N3O7S2. The highest BCUT2D eigenvalue weighted by atomic mass is 32.2. The van der Waals surface area contributed by atoms with Crippen LogP contribution in [0.15, 0.2) is 101 Å². The van der Waals surface area contributed by atoms with E-state index >= 15 is 0 Å². The number of aromatic amines is 1. The van der Waals surface area contributed by atoms with Crippen LogP contribution >= 0.6 is 23.1 Å². The largest absolute Gasteiger partial charge is 0.484 e. The van der Waals surface area contributed by atoms with Crippen molar-refractivity contribution in [3.8, 4) is 5.75 Å². The van der Waals surface area contributed by atoms with Gasteiger partial charge in [0.15, 0.2) is 6.61 Å². The van der Waals surface area contributed by atoms with Crippen LogP contribution in [-0.2, 0) is 19.1 Å². The van der Waals surface area contributed by atoms with Gasteiger partial charge in [-0.05, 0) is 60.3 Å². The highest BCUT2D eigenvalue weighted by Crippen LogP contribution is 2.53. The maximum Gasteiger partial charge on any atom is 0.338 e. The number of rotatable bonds is 8. The molecule has 47 heavy (non-hydrogen) atoms. The Bertz CT molecular complexity index is 2080. The molecule has 7 rings (SSSR count). The molecule has 4 aromatic carbocycles. The van der Waals surface area contributed by atoms with Crippen LogP contribution in [0, 0.1) is 5.92 Å². The van der Waals surface area contributed by atoms with Gasteiger partial charge in [0.2, 0.25) is 11.8 Å². The van der Waals surface area contributed by atoms with Crippen LogP contribution in [0.25, 0.3) is 10.8 Å². The van der Waals surface area contributed by atoms with E-state index in [9.17, 15) is 24.0 Å². The first-order valence-corrected chi connectivity index (χ1v) is 16.6. The smallest absolute Gasteiger partial charge is 0.338 e. The summed E-state index contributed by atoms with van der Waals surface area (Å²) >= 11 is 2.21. The summed E-state index contributed by atoms with van der Waals surface area (Å²) in [5.74, 6) is -2.48. The van der Waals surface area contributed by atoms with E-state index in [4.69, 9.17) is 9.47 Å². The van der Waals surface area contributed by atoms with Crippen molar-refractivity contribution in [2.75, 3.05) is 23.4 Å². The molecule has 0 bridgehead atoms. The number of carbonyl (C=O) groups is 4. The van der Waals surface area contributed by atoms with E-state index in [1.165, 1.54) is 23.9 Å². The molecule has 0 unspecified atom stereocenters. The maximum atomic E-state index is 14.0. The predicted molar refractivity (Wildman–Crippen MR) is 179 cm³/mol. The lowest BCUT2D eigenvalue weighted by molar-refractivity contribution is -0.122. The molecule has 1 aromatic heterocycles. The van der Waals surface area contributed by atoms with Crippen LogP contribution in [0.2, 0.25) is 0 Å². The van der Waals surface area contributed by atoms with Gasteiger partial charge in [-0.2, -0.15) is 0 Å². The first-order chi connectivity index (χ1) is 22.8. The molecule has 5 aromatic rings. The van der Waals surface area contributed by atoms with E-state index < -0.39 is 34.9 Å². The van der Waals surface area contributed by atoms with E-state index in [0.29, 0.717) is 32.6 Å². The number of esters is 1. The summed E-state index contributed by atoms with van der Waals surface area (Å²) in [5.41, 5.74) is 2.08. The van der Waals surface area contributed by atoms with Crippen molar-refractivity contribution >= 4 is 68.9 Å². The second-order valence-electron chi connectivity index (χ2n) is 11.0. The van der Waals surface area contributed by atoms with Gasteiger partial charge in [-0.3, -0.25) is 19.2 Å². The number of aromatic nitrogens is 1. The van der Waals surface area contributed by atoms with Crippen LogP contribution in [-0.4, -0.2) is 47.1 Å². The number of thioether (sulfide) groups is 1. The fourth-order valence-corrected chi connectivity index (χ4v) is 8.55. The molecule has 2 N–H and O–H groups in total. The Labute approximate surface area is 276 Å². The number of thiazole rings is 1. The number of nitrogens with zero attached hydrogens (tertiary/aromatic N) is 1. The Kier molecular flexibility index (Phi) is 8.12. The first kappa shape index (κ1) is 30.5. The zero-order valence-electron chi connectivity index (χ0n) is 24.9. The minimum Gasteiger partial charge on any atom is -0.484 e. The summed E-state index contributed by atoms with van der Waals surface area (Å²) in [6.07, 6.45) is 0. The number of hydrogen-bond donors (Lipinski definition) is 2. The summed E-state index contributed by atoms with van der Waals surface area (Å²) in [6, 6.07) is 26.6. The Morgan fingerprint density at radius 2 is 1.64 bits per heavy atom. The third-order valence-corrected chi connectivity index (χ3v) is 10.5. The summed E-state index contributed by atoms with van der Waals surface area (Å²) < 4.78 is 10.8. The lowest BCUT2D eigenvalue weighted by Gasteiger charge is -2.29. The van der Waals surface area contributed by atoms with Gasteiger partial charge in [-0.15, -0.1) is 0 Å². The van der Waals surface area contributed by atoms with Crippen molar-refractivity contribution in [1.82, 2.24) is 4.98 Å². The fourth-order valence-electron chi connectivity index (χ4n) is 6.03. The predicted octanol–water partition coefficient (Wildman–Crippen LogP) is 5.58. The molecule has 3 atom stereocenters. The summed E-state index contributed by atoms with van der Waals surface area (Å²) in [5, 5.41) is 4.65. The van der Waals surface area contributed by atoms with Gasteiger partial charge in [0.05, 0.1) is 28.8 Å². The molecular weight excluding hydrogens is 639 g/mol. The number of ether oxygens (including phenoxy) is 2. The van der Waals surface area contributed by atoms with Crippen molar-refractivity contribution in [1.29, 1.82) is 0 Å². The number of nitrogens with one attached hydrogen (secondary N) is 2. The Hall–Kier alpha value is -5.20. The lowest BCUT2D eigenvalue weighted by Crippen LogP contribution is -2.32. The number of carbonyl (C=O) groups excluding carboxylic acids is 4. The molecule has 0 saturated carbocycles. The molecule has 236 valence electrons. The normalized spacial score (nSPS) is 18.5. The average molecular weight is 666 g/mol. The van der Waals surface area contributed by atoms with E-state index in [0.717, 1.165) is 32.6 Å². The number of benzene rings is 4. The summed E-state index contributed by atoms with van der Waals surface area (Å²) in [4.78, 5) is 69.4. The molecule has 10 nitrogen and oxygen atoms in total. The minimum atomic E-state index is -0.769. The van der Waals surface area contributed by atoms with Crippen LogP contribution in [0.4, 0.5) is 11.4 Å². The molecule has 1 saturated heterocycles. The van der Waals surface area contributed by atoms with Crippen molar-refractivity contribution in [3.05, 3.63) is 117 Å². The van der Waals surface area contributed by atoms with Gasteiger partial charge in [0, 0.05) is 21.9 Å². The molecule has 1 fully saturated rings. The van der Waals surface area contributed by atoms with E-state index in [1.807, 2.05) is 42.5 Å². The van der Waals surface area contributed by atoms with Crippen LogP contribution in [0.5, 0.6) is 5.75 Å². The zero-order valence-corrected chi connectivity index (χ0v) is 26.6. The van der Waals surface area contributed by atoms with Crippen LogP contribution < -0.4 is 19.8 Å². The van der Waals surface area contributed by atoms with Crippen LogP contribution in [0.1, 0.15) is 33.6 Å². The van der Waals surface area contributed by atoms with Crippen molar-refractivity contribution in [2.45, 2.75) is 23.1 Å². The summed E-state index contributed by atoms with van der Waals surface area (Å²) in [6.45, 7) is 1.73. The number of hydrogen-bond acceptors (Lipinski definition) is 9. The maximum absolute atomic E-state index is 14.0. The number of H-pyrrole nitrogens is 1. The average Bonchev–Trinajstić information content (AvgIpc) is 3.58. The van der Waals surface area contributed by atoms with E-state index in [1.54, 1.807) is 43.3 Å². The molecule has 3 heterocycles. The van der Waals surface area contributed by atoms with E-state index in [2.05, 4.69) is 10.3 Å². The minimum absolute atomic E-state index is 0.214. The highest BCUT2D eigenvalue weighted by Gasteiger charge is 2.56. The van der Waals surface area contributed by atoms with Gasteiger partial charge in [0.1, 0.15) is 11.0 Å². The second kappa shape index (κ2) is 12.5. The summed E-state index contributed by atoms with van der Waals surface area (Å²) in [7, 11) is 0. The van der Waals surface area contributed by atoms with Gasteiger partial charge >= 0.3 is 10.8 Å². The molecule has 3 amide bonds. The highest BCUT2D eigenvalue weighted by molar-refractivity contribution is 8.00. The lowest BCUT2D eigenvalue weighted by atomic mass is 9.83. The fraction of sp³-hybridized carbons (Fsp3) is 0.171. The Balaban J connectivity index is 1.10. The second-order valence-corrected chi connectivity index (χ2v) is 13.1. The topological polar surface area (TPSA) is 135 Å². The number of amides is 3. The number of anilines is 2. The molecule has 0 aliphatic carbocycles. The third-order valence-electron chi connectivity index (χ3n) is 8.13. The van der Waals surface area contributed by atoms with Gasteiger partial charge in [-0.25, -0.2) is 9.69 Å². The van der Waals surface area contributed by atoms with Crippen molar-refractivity contribution in [2.24, 2.45) is 5.92 Å². The number of fused-ring (bicyclic) bond motifs is 3. The van der Waals surface area contributed by atoms with E-state index in [-0.39, 0.29) is 24.0 Å². The molecule has 0 spiro atoms. The Morgan fingerprint density at radius 3 is 2.40 bits per heavy atom. The van der Waals surface area contributed by atoms with Gasteiger partial charge < -0.3 is 19.8 Å². The monoisotopic (exact) mass is 665 g/mol. The first-order valence-electron chi connectivity index (χ1n) is 14.9. The molecule has 0 radical (unpaired) electrons. The third kappa shape index (κ3) is 5.70.